The topological polar surface area (TPSA) is 19.4 Å². The summed E-state index contributed by atoms with van der Waals surface area (Å²) in [6.45, 7) is 8.19. The van der Waals surface area contributed by atoms with Crippen LogP contribution in [0.2, 0.25) is 5.02 Å². The lowest BCUT2D eigenvalue weighted by Gasteiger charge is -2.36. The molecule has 0 fully saturated rings. The summed E-state index contributed by atoms with van der Waals surface area (Å²) in [6, 6.07) is 1.87. The second kappa shape index (κ2) is 4.37. The molecule has 82 valence electrons. The van der Waals surface area contributed by atoms with Crippen molar-refractivity contribution in [3.05, 3.63) is 22.8 Å². The van der Waals surface area contributed by atoms with Crippen LogP contribution in [0, 0.1) is 0 Å². The van der Waals surface area contributed by atoms with Crippen molar-refractivity contribution in [2.75, 3.05) is 24.7 Å². The number of anilines is 1. The van der Waals surface area contributed by atoms with E-state index in [1.165, 1.54) is 0 Å². The monoisotopic (exact) mass is 225 g/mol. The molecule has 4 heteroatoms. The molecular weight excluding hydrogens is 210 g/mol. The third-order valence-corrected chi connectivity index (χ3v) is 3.21. The summed E-state index contributed by atoms with van der Waals surface area (Å²) >= 11 is 6.19. The van der Waals surface area contributed by atoms with Crippen LogP contribution in [0.5, 0.6) is 0 Å². The van der Waals surface area contributed by atoms with E-state index in [0.717, 1.165) is 42.7 Å². The molecule has 0 unspecified atom stereocenters. The molecular formula is C11H16ClN3. The van der Waals surface area contributed by atoms with Gasteiger partial charge < -0.3 is 4.90 Å². The van der Waals surface area contributed by atoms with E-state index in [1.54, 1.807) is 6.20 Å². The molecule has 0 amide bonds. The number of hydrogen-bond donors (Lipinski definition) is 0. The maximum Gasteiger partial charge on any atom is 0.135 e. The Kier molecular flexibility index (Phi) is 3.12. The SMILES string of the molecule is CCN1Cc2c(Cl)ccnc2N(CC)C1. The third-order valence-electron chi connectivity index (χ3n) is 2.86. The van der Waals surface area contributed by atoms with Gasteiger partial charge in [0.1, 0.15) is 5.82 Å². The van der Waals surface area contributed by atoms with Gasteiger partial charge in [0, 0.05) is 24.8 Å². The smallest absolute Gasteiger partial charge is 0.135 e. The second-order valence-electron chi connectivity index (χ2n) is 3.74. The van der Waals surface area contributed by atoms with Gasteiger partial charge in [-0.15, -0.1) is 0 Å². The van der Waals surface area contributed by atoms with Crippen LogP contribution >= 0.6 is 11.6 Å². The fourth-order valence-corrected chi connectivity index (χ4v) is 2.12. The molecule has 0 radical (unpaired) electrons. The Balaban J connectivity index is 2.39. The standard InChI is InChI=1S/C11H16ClN3/c1-3-14-7-9-10(12)5-6-13-11(9)15(4-2)8-14/h5-6H,3-4,7-8H2,1-2H3. The Morgan fingerprint density at radius 3 is 2.87 bits per heavy atom. The predicted octanol–water partition coefficient (Wildman–Crippen LogP) is 2.35. The average Bonchev–Trinajstić information content (AvgIpc) is 2.28. The van der Waals surface area contributed by atoms with Gasteiger partial charge in [-0.25, -0.2) is 4.98 Å². The summed E-state index contributed by atoms with van der Waals surface area (Å²) < 4.78 is 0. The van der Waals surface area contributed by atoms with Gasteiger partial charge in [0.05, 0.1) is 11.7 Å². The van der Waals surface area contributed by atoms with Crippen LogP contribution in [0.25, 0.3) is 0 Å². The zero-order chi connectivity index (χ0) is 10.8. The largest absolute Gasteiger partial charge is 0.344 e. The Labute approximate surface area is 95.7 Å². The summed E-state index contributed by atoms with van der Waals surface area (Å²) in [4.78, 5) is 9.03. The quantitative estimate of drug-likeness (QED) is 0.771. The van der Waals surface area contributed by atoms with Crippen molar-refractivity contribution in [1.29, 1.82) is 0 Å². The molecule has 1 aromatic heterocycles. The lowest BCUT2D eigenvalue weighted by atomic mass is 10.2. The molecule has 0 saturated heterocycles. The van der Waals surface area contributed by atoms with Crippen LogP contribution in [0.3, 0.4) is 0 Å². The van der Waals surface area contributed by atoms with E-state index in [-0.39, 0.29) is 0 Å². The molecule has 0 aromatic carbocycles. The minimum absolute atomic E-state index is 0.830. The first-order chi connectivity index (χ1) is 7.26. The van der Waals surface area contributed by atoms with E-state index in [4.69, 9.17) is 11.6 Å². The van der Waals surface area contributed by atoms with E-state index < -0.39 is 0 Å². The molecule has 1 aliphatic rings. The highest BCUT2D eigenvalue weighted by atomic mass is 35.5. The summed E-state index contributed by atoms with van der Waals surface area (Å²) in [6.07, 6.45) is 1.78. The van der Waals surface area contributed by atoms with Gasteiger partial charge in [-0.1, -0.05) is 18.5 Å². The molecule has 15 heavy (non-hydrogen) atoms. The van der Waals surface area contributed by atoms with Gasteiger partial charge in [-0.2, -0.15) is 0 Å². The molecule has 0 spiro atoms. The van der Waals surface area contributed by atoms with Gasteiger partial charge >= 0.3 is 0 Å². The molecule has 0 saturated carbocycles. The van der Waals surface area contributed by atoms with Crippen molar-refractivity contribution in [2.24, 2.45) is 0 Å². The van der Waals surface area contributed by atoms with E-state index >= 15 is 0 Å². The van der Waals surface area contributed by atoms with E-state index in [0.29, 0.717) is 0 Å². The predicted molar refractivity (Wildman–Crippen MR) is 63.2 cm³/mol. The average molecular weight is 226 g/mol. The normalized spacial score (nSPS) is 16.6. The zero-order valence-electron chi connectivity index (χ0n) is 9.20. The summed E-state index contributed by atoms with van der Waals surface area (Å²) in [5.41, 5.74) is 1.16. The van der Waals surface area contributed by atoms with Gasteiger partial charge in [-0.3, -0.25) is 4.90 Å². The van der Waals surface area contributed by atoms with Crippen LogP contribution in [0.15, 0.2) is 12.3 Å². The van der Waals surface area contributed by atoms with Crippen LogP contribution in [-0.2, 0) is 6.54 Å². The Morgan fingerprint density at radius 1 is 1.40 bits per heavy atom. The molecule has 2 rings (SSSR count). The first-order valence-corrected chi connectivity index (χ1v) is 5.74. The van der Waals surface area contributed by atoms with Crippen molar-refractivity contribution in [1.82, 2.24) is 9.88 Å². The van der Waals surface area contributed by atoms with Crippen LogP contribution in [0.1, 0.15) is 19.4 Å². The number of rotatable bonds is 2. The second-order valence-corrected chi connectivity index (χ2v) is 4.14. The van der Waals surface area contributed by atoms with Crippen molar-refractivity contribution in [2.45, 2.75) is 20.4 Å². The van der Waals surface area contributed by atoms with Gasteiger partial charge in [-0.05, 0) is 19.5 Å². The van der Waals surface area contributed by atoms with Gasteiger partial charge in [0.2, 0.25) is 0 Å². The first kappa shape index (κ1) is 10.7. The lowest BCUT2D eigenvalue weighted by molar-refractivity contribution is 0.265. The fourth-order valence-electron chi connectivity index (χ4n) is 1.92. The minimum atomic E-state index is 0.830. The summed E-state index contributed by atoms with van der Waals surface area (Å²) in [7, 11) is 0. The van der Waals surface area contributed by atoms with Gasteiger partial charge in [0.15, 0.2) is 0 Å². The van der Waals surface area contributed by atoms with E-state index in [9.17, 15) is 0 Å². The molecule has 0 N–H and O–H groups in total. The van der Waals surface area contributed by atoms with Gasteiger partial charge in [0.25, 0.3) is 0 Å². The Bertz CT molecular complexity index is 354. The maximum absolute atomic E-state index is 6.19. The fraction of sp³-hybridized carbons (Fsp3) is 0.545. The minimum Gasteiger partial charge on any atom is -0.344 e. The molecule has 1 aromatic rings. The number of halogens is 1. The highest BCUT2D eigenvalue weighted by molar-refractivity contribution is 6.31. The number of nitrogens with zero attached hydrogens (tertiary/aromatic N) is 3. The lowest BCUT2D eigenvalue weighted by Crippen LogP contribution is -2.42. The number of fused-ring (bicyclic) bond motifs is 1. The Morgan fingerprint density at radius 2 is 2.20 bits per heavy atom. The van der Waals surface area contributed by atoms with Crippen LogP contribution in [0.4, 0.5) is 5.82 Å². The zero-order valence-corrected chi connectivity index (χ0v) is 9.96. The van der Waals surface area contributed by atoms with Crippen LogP contribution in [-0.4, -0.2) is 29.6 Å². The molecule has 0 aliphatic carbocycles. The Hall–Kier alpha value is -0.800. The van der Waals surface area contributed by atoms with E-state index in [1.807, 2.05) is 6.07 Å². The molecule has 2 heterocycles. The van der Waals surface area contributed by atoms with Crippen molar-refractivity contribution in [3.63, 3.8) is 0 Å². The highest BCUT2D eigenvalue weighted by Gasteiger charge is 2.23. The molecule has 0 atom stereocenters. The third kappa shape index (κ3) is 1.94. The first-order valence-electron chi connectivity index (χ1n) is 5.37. The highest BCUT2D eigenvalue weighted by Crippen LogP contribution is 2.30. The van der Waals surface area contributed by atoms with E-state index in [2.05, 4.69) is 28.6 Å². The van der Waals surface area contributed by atoms with Crippen molar-refractivity contribution >= 4 is 17.4 Å². The molecule has 0 bridgehead atoms. The molecule has 1 aliphatic heterocycles. The maximum atomic E-state index is 6.19. The van der Waals surface area contributed by atoms with Crippen molar-refractivity contribution < 1.29 is 0 Å². The van der Waals surface area contributed by atoms with Crippen molar-refractivity contribution in [3.8, 4) is 0 Å². The summed E-state index contributed by atoms with van der Waals surface area (Å²) in [5, 5.41) is 0.830. The molecule has 3 nitrogen and oxygen atoms in total. The number of aromatic nitrogens is 1. The summed E-state index contributed by atoms with van der Waals surface area (Å²) in [5.74, 6) is 1.05. The van der Waals surface area contributed by atoms with Crippen LogP contribution < -0.4 is 4.90 Å². The number of pyridine rings is 1. The number of hydrogen-bond acceptors (Lipinski definition) is 3.